The van der Waals surface area contributed by atoms with Crippen LogP contribution in [0.3, 0.4) is 0 Å². The van der Waals surface area contributed by atoms with Crippen LogP contribution in [0.4, 0.5) is 5.69 Å². The number of rotatable bonds is 12. The summed E-state index contributed by atoms with van der Waals surface area (Å²) in [5, 5.41) is 2.31. The Hall–Kier alpha value is -4.12. The van der Waals surface area contributed by atoms with Crippen LogP contribution in [0.25, 0.3) is 10.8 Å². The highest BCUT2D eigenvalue weighted by molar-refractivity contribution is 5.92. The van der Waals surface area contributed by atoms with E-state index in [4.69, 9.17) is 14.2 Å². The van der Waals surface area contributed by atoms with Gasteiger partial charge in [-0.15, -0.1) is 0 Å². The summed E-state index contributed by atoms with van der Waals surface area (Å²) >= 11 is 0. The van der Waals surface area contributed by atoms with E-state index in [1.54, 1.807) is 49.7 Å². The van der Waals surface area contributed by atoms with Gasteiger partial charge in [0.15, 0.2) is 11.5 Å². The minimum atomic E-state index is -0.456. The second kappa shape index (κ2) is 13.3. The Bertz CT molecular complexity index is 1340. The van der Waals surface area contributed by atoms with E-state index in [0.29, 0.717) is 23.7 Å². The van der Waals surface area contributed by atoms with E-state index in [-0.39, 0.29) is 0 Å². The number of hydrogen-bond acceptors (Lipinski definition) is 5. The third-order valence-electron chi connectivity index (χ3n) is 6.09. The Kier molecular flexibility index (Phi) is 9.30. The number of methoxy groups -OCH3 is 1. The van der Waals surface area contributed by atoms with Gasteiger partial charge in [0.05, 0.1) is 25.0 Å². The molecule has 190 valence electrons. The summed E-state index contributed by atoms with van der Waals surface area (Å²) in [6, 6.07) is 26.6. The maximum Gasteiger partial charge on any atom is 0.343 e. The first kappa shape index (κ1) is 26.0. The molecule has 0 radical (unpaired) electrons. The highest BCUT2D eigenvalue weighted by Crippen LogP contribution is 2.29. The van der Waals surface area contributed by atoms with Gasteiger partial charge in [0, 0.05) is 6.21 Å². The van der Waals surface area contributed by atoms with Crippen molar-refractivity contribution < 1.29 is 19.0 Å². The fourth-order valence-corrected chi connectivity index (χ4v) is 4.00. The third kappa shape index (κ3) is 7.43. The molecule has 0 spiro atoms. The third-order valence-corrected chi connectivity index (χ3v) is 6.09. The zero-order chi connectivity index (χ0) is 25.9. The molecule has 0 heterocycles. The van der Waals surface area contributed by atoms with Gasteiger partial charge in [0.1, 0.15) is 5.75 Å². The van der Waals surface area contributed by atoms with E-state index in [1.165, 1.54) is 31.1 Å². The average Bonchev–Trinajstić information content (AvgIpc) is 2.94. The van der Waals surface area contributed by atoms with Crippen molar-refractivity contribution in [1.82, 2.24) is 0 Å². The van der Waals surface area contributed by atoms with Gasteiger partial charge in [-0.3, -0.25) is 4.99 Å². The molecule has 4 aromatic carbocycles. The second-order valence-corrected chi connectivity index (χ2v) is 8.88. The first-order chi connectivity index (χ1) is 18.2. The van der Waals surface area contributed by atoms with Crippen LogP contribution in [0.5, 0.6) is 17.2 Å². The predicted octanol–water partition coefficient (Wildman–Crippen LogP) is 8.17. The van der Waals surface area contributed by atoms with Crippen molar-refractivity contribution in [3.05, 3.63) is 96.1 Å². The Morgan fingerprint density at radius 2 is 1.59 bits per heavy atom. The number of carbonyl (C=O) groups excluding carboxylic acids is 1. The van der Waals surface area contributed by atoms with E-state index >= 15 is 0 Å². The number of fused-ring (bicyclic) bond motifs is 1. The number of esters is 1. The van der Waals surface area contributed by atoms with Crippen molar-refractivity contribution in [3.63, 3.8) is 0 Å². The molecule has 0 aliphatic carbocycles. The van der Waals surface area contributed by atoms with Crippen molar-refractivity contribution in [2.45, 2.75) is 39.0 Å². The van der Waals surface area contributed by atoms with Crippen molar-refractivity contribution in [3.8, 4) is 17.2 Å². The van der Waals surface area contributed by atoms with Crippen molar-refractivity contribution >= 4 is 28.6 Å². The maximum absolute atomic E-state index is 12.7. The molecular weight excluding hydrogens is 462 g/mol. The lowest BCUT2D eigenvalue weighted by Gasteiger charge is -2.11. The van der Waals surface area contributed by atoms with Crippen LogP contribution in [0.1, 0.15) is 54.9 Å². The lowest BCUT2D eigenvalue weighted by Crippen LogP contribution is -2.09. The number of nitrogens with zero attached hydrogens (tertiary/aromatic N) is 1. The van der Waals surface area contributed by atoms with Crippen molar-refractivity contribution in [1.29, 1.82) is 0 Å². The summed E-state index contributed by atoms with van der Waals surface area (Å²) in [4.78, 5) is 17.3. The molecule has 0 saturated heterocycles. The van der Waals surface area contributed by atoms with Gasteiger partial charge >= 0.3 is 5.97 Å². The van der Waals surface area contributed by atoms with Gasteiger partial charge in [0.2, 0.25) is 0 Å². The first-order valence-corrected chi connectivity index (χ1v) is 12.8. The standard InChI is InChI=1S/C32H33NO4/c1-3-4-5-6-9-20-36-29-17-14-26(15-18-29)32(34)37-30-19-12-24(21-31(30)35-2)23-33-28-16-13-25-10-7-8-11-27(25)22-28/h7-8,10-19,21-23H,3-6,9,20H2,1-2H3. The van der Waals surface area contributed by atoms with Gasteiger partial charge in [-0.1, -0.05) is 62.9 Å². The minimum Gasteiger partial charge on any atom is -0.494 e. The van der Waals surface area contributed by atoms with Crippen LogP contribution in [0.15, 0.2) is 89.9 Å². The van der Waals surface area contributed by atoms with Crippen molar-refractivity contribution in [2.75, 3.05) is 13.7 Å². The molecule has 5 heteroatoms. The van der Waals surface area contributed by atoms with Crippen LogP contribution < -0.4 is 14.2 Å². The number of hydrogen-bond donors (Lipinski definition) is 0. The molecule has 5 nitrogen and oxygen atoms in total. The largest absolute Gasteiger partial charge is 0.494 e. The summed E-state index contributed by atoms with van der Waals surface area (Å²) < 4.78 is 16.9. The Morgan fingerprint density at radius 1 is 0.811 bits per heavy atom. The fraction of sp³-hybridized carbons (Fsp3) is 0.250. The Balaban J connectivity index is 1.35. The Morgan fingerprint density at radius 3 is 2.38 bits per heavy atom. The first-order valence-electron chi connectivity index (χ1n) is 12.8. The van der Waals surface area contributed by atoms with Crippen LogP contribution >= 0.6 is 0 Å². The molecule has 4 rings (SSSR count). The maximum atomic E-state index is 12.7. The quantitative estimate of drug-likeness (QED) is 0.0861. The summed E-state index contributed by atoms with van der Waals surface area (Å²) in [7, 11) is 1.55. The molecule has 4 aromatic rings. The summed E-state index contributed by atoms with van der Waals surface area (Å²) in [6.07, 6.45) is 7.71. The molecule has 0 N–H and O–H groups in total. The zero-order valence-corrected chi connectivity index (χ0v) is 21.5. The Labute approximate surface area is 218 Å². The lowest BCUT2D eigenvalue weighted by atomic mass is 10.1. The molecule has 0 aliphatic rings. The highest BCUT2D eigenvalue weighted by Gasteiger charge is 2.13. The van der Waals surface area contributed by atoms with Gasteiger partial charge in [-0.25, -0.2) is 4.79 Å². The van der Waals surface area contributed by atoms with Crippen molar-refractivity contribution in [2.24, 2.45) is 4.99 Å². The minimum absolute atomic E-state index is 0.350. The van der Waals surface area contributed by atoms with Gasteiger partial charge in [0.25, 0.3) is 0 Å². The molecule has 37 heavy (non-hydrogen) atoms. The predicted molar refractivity (Wildman–Crippen MR) is 150 cm³/mol. The number of aliphatic imine (C=N–C) groups is 1. The SMILES string of the molecule is CCCCCCCOc1ccc(C(=O)Oc2ccc(C=Nc3ccc4ccccc4c3)cc2OC)cc1. The monoisotopic (exact) mass is 495 g/mol. The van der Waals surface area contributed by atoms with E-state index < -0.39 is 5.97 Å². The molecule has 0 amide bonds. The number of unbranched alkanes of at least 4 members (excludes halogenated alkanes) is 4. The highest BCUT2D eigenvalue weighted by atomic mass is 16.6. The van der Waals surface area contributed by atoms with Crippen LogP contribution in [-0.4, -0.2) is 25.9 Å². The number of benzene rings is 4. The van der Waals surface area contributed by atoms with Crippen LogP contribution in [0, 0.1) is 0 Å². The summed E-state index contributed by atoms with van der Waals surface area (Å²) in [6.45, 7) is 2.89. The lowest BCUT2D eigenvalue weighted by molar-refractivity contribution is 0.0729. The van der Waals surface area contributed by atoms with E-state index in [9.17, 15) is 4.79 Å². The van der Waals surface area contributed by atoms with Crippen LogP contribution in [0.2, 0.25) is 0 Å². The molecule has 0 aliphatic heterocycles. The van der Waals surface area contributed by atoms with E-state index in [1.807, 2.05) is 30.3 Å². The fourth-order valence-electron chi connectivity index (χ4n) is 4.00. The summed E-state index contributed by atoms with van der Waals surface area (Å²) in [5.74, 6) is 1.10. The molecule has 0 bridgehead atoms. The number of carbonyl (C=O) groups is 1. The normalized spacial score (nSPS) is 11.1. The van der Waals surface area contributed by atoms with Gasteiger partial charge in [-0.2, -0.15) is 0 Å². The van der Waals surface area contributed by atoms with E-state index in [0.717, 1.165) is 28.8 Å². The average molecular weight is 496 g/mol. The van der Waals surface area contributed by atoms with Crippen LogP contribution in [-0.2, 0) is 0 Å². The molecule has 0 fully saturated rings. The molecule has 0 atom stereocenters. The molecule has 0 unspecified atom stereocenters. The molecule has 0 saturated carbocycles. The topological polar surface area (TPSA) is 57.1 Å². The molecule has 0 aromatic heterocycles. The second-order valence-electron chi connectivity index (χ2n) is 8.88. The van der Waals surface area contributed by atoms with Gasteiger partial charge < -0.3 is 14.2 Å². The van der Waals surface area contributed by atoms with E-state index in [2.05, 4.69) is 30.1 Å². The number of ether oxygens (including phenoxy) is 3. The summed E-state index contributed by atoms with van der Waals surface area (Å²) in [5.41, 5.74) is 2.14. The zero-order valence-electron chi connectivity index (χ0n) is 21.5. The smallest absolute Gasteiger partial charge is 0.343 e. The molecular formula is C32H33NO4. The van der Waals surface area contributed by atoms with Gasteiger partial charge in [-0.05, 0) is 77.4 Å².